The van der Waals surface area contributed by atoms with Gasteiger partial charge in [0.1, 0.15) is 41.9 Å². The fraction of sp³-hybridized carbons (Fsp3) is 0.393. The Bertz CT molecular complexity index is 1570. The molecule has 5 rings (SSSR count). The number of halogens is 2. The highest BCUT2D eigenvalue weighted by atomic mass is 79.9. The van der Waals surface area contributed by atoms with Crippen molar-refractivity contribution in [3.63, 3.8) is 0 Å². The van der Waals surface area contributed by atoms with Crippen LogP contribution in [0.15, 0.2) is 47.1 Å². The maximum absolute atomic E-state index is 14.3. The molecule has 1 amide bonds. The zero-order chi connectivity index (χ0) is 30.1. The van der Waals surface area contributed by atoms with Gasteiger partial charge in [-0.05, 0) is 43.2 Å². The number of ether oxygens (including phenoxy) is 2. The molecule has 42 heavy (non-hydrogen) atoms. The van der Waals surface area contributed by atoms with Crippen molar-refractivity contribution >= 4 is 27.5 Å². The molecule has 2 fully saturated rings. The summed E-state index contributed by atoms with van der Waals surface area (Å²) in [4.78, 5) is 15.6. The van der Waals surface area contributed by atoms with Crippen LogP contribution in [0.3, 0.4) is 0 Å². The van der Waals surface area contributed by atoms with Crippen LogP contribution in [0.5, 0.6) is 0 Å². The molecule has 0 radical (unpaired) electrons. The van der Waals surface area contributed by atoms with Crippen molar-refractivity contribution < 1.29 is 34.0 Å². The number of amides is 1. The Labute approximate surface area is 248 Å². The second-order valence-electron chi connectivity index (χ2n) is 10.1. The number of nitriles is 2. The number of aliphatic hydroxyl groups is 3. The zero-order valence-corrected chi connectivity index (χ0v) is 23.8. The minimum atomic E-state index is -1.39. The minimum absolute atomic E-state index is 0.133. The molecule has 218 valence electrons. The van der Waals surface area contributed by atoms with E-state index < -0.39 is 60.9 Å². The molecular formula is C28H26BrFN6O6. The first kappa shape index (κ1) is 29.7. The molecular weight excluding hydrogens is 615 g/mol. The molecule has 1 saturated carbocycles. The molecule has 14 heteroatoms. The lowest BCUT2D eigenvalue weighted by Crippen LogP contribution is -2.64. The Kier molecular flexibility index (Phi) is 8.65. The van der Waals surface area contributed by atoms with Gasteiger partial charge in [-0.15, -0.1) is 5.10 Å². The van der Waals surface area contributed by atoms with Crippen LogP contribution in [-0.2, 0) is 14.3 Å². The van der Waals surface area contributed by atoms with Crippen molar-refractivity contribution in [3.8, 4) is 23.4 Å². The van der Waals surface area contributed by atoms with Crippen LogP contribution in [0.2, 0.25) is 0 Å². The van der Waals surface area contributed by atoms with Crippen LogP contribution in [0.1, 0.15) is 30.0 Å². The van der Waals surface area contributed by atoms with Crippen LogP contribution in [0.25, 0.3) is 11.3 Å². The van der Waals surface area contributed by atoms with E-state index in [0.29, 0.717) is 28.6 Å². The Morgan fingerprint density at radius 2 is 2.02 bits per heavy atom. The summed E-state index contributed by atoms with van der Waals surface area (Å²) in [6.45, 7) is -0.637. The molecule has 0 spiro atoms. The van der Waals surface area contributed by atoms with Gasteiger partial charge in [0.2, 0.25) is 0 Å². The van der Waals surface area contributed by atoms with E-state index in [1.807, 2.05) is 0 Å². The van der Waals surface area contributed by atoms with Crippen LogP contribution >= 0.6 is 15.9 Å². The van der Waals surface area contributed by atoms with Gasteiger partial charge in [0.05, 0.1) is 42.1 Å². The minimum Gasteiger partial charge on any atom is -0.394 e. The molecule has 0 bridgehead atoms. The number of nitrogens with zero attached hydrogens (tertiary/aromatic N) is 6. The molecule has 1 aromatic heterocycles. The van der Waals surface area contributed by atoms with E-state index in [1.165, 1.54) is 41.1 Å². The summed E-state index contributed by atoms with van der Waals surface area (Å²) < 4.78 is 27.7. The van der Waals surface area contributed by atoms with Crippen LogP contribution < -0.4 is 4.90 Å². The lowest BCUT2D eigenvalue weighted by Gasteiger charge is -2.47. The highest BCUT2D eigenvalue weighted by molar-refractivity contribution is 9.10. The Balaban J connectivity index is 1.53. The zero-order valence-electron chi connectivity index (χ0n) is 22.2. The van der Waals surface area contributed by atoms with E-state index in [2.05, 4.69) is 32.3 Å². The number of methoxy groups -OCH3 is 1. The Hall–Kier alpha value is -3.76. The first-order valence-corrected chi connectivity index (χ1v) is 13.8. The summed E-state index contributed by atoms with van der Waals surface area (Å²) in [5.41, 5.74) is 1.06. The van der Waals surface area contributed by atoms with E-state index >= 15 is 0 Å². The van der Waals surface area contributed by atoms with Gasteiger partial charge in [-0.3, -0.25) is 4.79 Å². The van der Waals surface area contributed by atoms with Gasteiger partial charge in [0, 0.05) is 22.8 Å². The highest BCUT2D eigenvalue weighted by Gasteiger charge is 2.52. The number of rotatable bonds is 7. The summed E-state index contributed by atoms with van der Waals surface area (Å²) in [6, 6.07) is 10.8. The number of carbonyl (C=O) groups is 1. The van der Waals surface area contributed by atoms with E-state index in [0.717, 1.165) is 6.07 Å². The Morgan fingerprint density at radius 1 is 1.24 bits per heavy atom. The van der Waals surface area contributed by atoms with Gasteiger partial charge in [0.15, 0.2) is 6.10 Å². The lowest BCUT2D eigenvalue weighted by molar-refractivity contribution is -0.211. The lowest BCUT2D eigenvalue weighted by atomic mass is 9.85. The predicted molar refractivity (Wildman–Crippen MR) is 147 cm³/mol. The van der Waals surface area contributed by atoms with Crippen molar-refractivity contribution in [2.45, 2.75) is 55.4 Å². The summed E-state index contributed by atoms with van der Waals surface area (Å²) in [5, 5.41) is 58.5. The van der Waals surface area contributed by atoms with E-state index in [1.54, 1.807) is 18.2 Å². The first-order valence-electron chi connectivity index (χ1n) is 13.0. The number of hydrogen-bond donors (Lipinski definition) is 3. The molecule has 7 atom stereocenters. The van der Waals surface area contributed by atoms with Crippen LogP contribution in [0, 0.1) is 28.5 Å². The summed E-state index contributed by atoms with van der Waals surface area (Å²) in [7, 11) is 1.33. The smallest absolute Gasteiger partial charge is 0.259 e. The molecule has 3 aromatic rings. The fourth-order valence-electron chi connectivity index (χ4n) is 5.34. The molecule has 5 unspecified atom stereocenters. The highest BCUT2D eigenvalue weighted by Crippen LogP contribution is 2.38. The van der Waals surface area contributed by atoms with Crippen molar-refractivity contribution in [2.24, 2.45) is 0 Å². The third-order valence-electron chi connectivity index (χ3n) is 7.65. The summed E-state index contributed by atoms with van der Waals surface area (Å²) in [6.07, 6.45) is -3.55. The fourth-order valence-corrected chi connectivity index (χ4v) is 5.82. The van der Waals surface area contributed by atoms with Gasteiger partial charge in [-0.1, -0.05) is 27.2 Å². The van der Waals surface area contributed by atoms with Crippen molar-refractivity contribution in [1.82, 2.24) is 15.0 Å². The van der Waals surface area contributed by atoms with E-state index in [9.17, 15) is 29.8 Å². The predicted octanol–water partition coefficient (Wildman–Crippen LogP) is 1.82. The molecule has 1 aliphatic heterocycles. The molecule has 2 heterocycles. The number of aliphatic hydroxyl groups excluding tert-OH is 3. The monoisotopic (exact) mass is 640 g/mol. The number of benzene rings is 2. The SMILES string of the molecule is COC1C(C(=O)N(c2cc(Br)cc(C#N)c2)[C@H]2CC[C@@H]2O)OC(CO)C(O)C1n1cc(-c2ccc(C#N)c(F)c2)nn1. The summed E-state index contributed by atoms with van der Waals surface area (Å²) >= 11 is 3.37. The molecule has 3 N–H and O–H groups in total. The topological polar surface area (TPSA) is 178 Å². The maximum Gasteiger partial charge on any atom is 0.259 e. The van der Waals surface area contributed by atoms with Crippen LogP contribution in [0.4, 0.5) is 10.1 Å². The van der Waals surface area contributed by atoms with Gasteiger partial charge in [0.25, 0.3) is 5.91 Å². The summed E-state index contributed by atoms with van der Waals surface area (Å²) in [5.74, 6) is -1.35. The first-order chi connectivity index (χ1) is 20.2. The van der Waals surface area contributed by atoms with Gasteiger partial charge in [-0.25, -0.2) is 9.07 Å². The third-order valence-corrected chi connectivity index (χ3v) is 8.10. The third kappa shape index (κ3) is 5.41. The van der Waals surface area contributed by atoms with E-state index in [4.69, 9.17) is 14.7 Å². The van der Waals surface area contributed by atoms with Crippen molar-refractivity contribution in [2.75, 3.05) is 18.6 Å². The average molecular weight is 641 g/mol. The van der Waals surface area contributed by atoms with Gasteiger partial charge >= 0.3 is 0 Å². The number of aromatic nitrogens is 3. The maximum atomic E-state index is 14.3. The van der Waals surface area contributed by atoms with Crippen LogP contribution in [-0.4, -0.2) is 86.5 Å². The molecule has 2 aliphatic rings. The van der Waals surface area contributed by atoms with Crippen molar-refractivity contribution in [3.05, 3.63) is 64.0 Å². The second-order valence-corrected chi connectivity index (χ2v) is 11.0. The molecule has 1 saturated heterocycles. The number of hydrogen-bond acceptors (Lipinski definition) is 10. The standard InChI is InChI=1S/C28H26BrFN6O6/c1-41-26-24(35-12-20(33-34-35)15-2-3-16(11-32)19(30)8-15)25(39)23(13-37)42-27(26)28(40)36(21-4-5-22(21)38)18-7-14(10-31)6-17(29)9-18/h2-3,6-9,12,21-27,37-39H,4-5,13H2,1H3/t21-,22-,23?,24?,25?,26?,27?/m0/s1. The average Bonchev–Trinajstić information content (AvgIpc) is 3.47. The second kappa shape index (κ2) is 12.2. The number of carbonyl (C=O) groups excluding carboxylic acids is 1. The normalized spacial score (nSPS) is 27.0. The van der Waals surface area contributed by atoms with E-state index in [-0.39, 0.29) is 16.8 Å². The molecule has 12 nitrogen and oxygen atoms in total. The molecule has 2 aromatic carbocycles. The van der Waals surface area contributed by atoms with Crippen molar-refractivity contribution in [1.29, 1.82) is 10.5 Å². The van der Waals surface area contributed by atoms with Gasteiger partial charge < -0.3 is 29.7 Å². The van der Waals surface area contributed by atoms with Gasteiger partial charge in [-0.2, -0.15) is 10.5 Å². The largest absolute Gasteiger partial charge is 0.394 e. The number of anilines is 1. The Morgan fingerprint density at radius 3 is 2.62 bits per heavy atom. The molecule has 1 aliphatic carbocycles. The quantitative estimate of drug-likeness (QED) is 0.345.